The average Bonchev–Trinajstić information content (AvgIpc) is 2.78. The summed E-state index contributed by atoms with van der Waals surface area (Å²) < 4.78 is 0. The van der Waals surface area contributed by atoms with Gasteiger partial charge < -0.3 is 10.4 Å². The maximum atomic E-state index is 12.1. The molecule has 1 aromatic carbocycles. The van der Waals surface area contributed by atoms with E-state index in [4.69, 9.17) is 0 Å². The maximum absolute atomic E-state index is 12.1. The fourth-order valence-corrected chi connectivity index (χ4v) is 2.20. The first-order valence-electron chi connectivity index (χ1n) is 6.14. The highest BCUT2D eigenvalue weighted by Crippen LogP contribution is 2.32. The standard InChI is InChI=1S/C14H16N2O3/c1-2-3-8-15-14(19)16-11-7-5-4-6-10(11)9-12(16)13(17)18/h2,4-7,12H,1,3,8-9H2,(H,15,19)(H,17,18)/t12-/m0/s1. The second-order valence-electron chi connectivity index (χ2n) is 4.37. The van der Waals surface area contributed by atoms with Gasteiger partial charge in [0.2, 0.25) is 0 Å². The lowest BCUT2D eigenvalue weighted by Crippen LogP contribution is -2.48. The van der Waals surface area contributed by atoms with Crippen molar-refractivity contribution in [1.29, 1.82) is 0 Å². The second-order valence-corrected chi connectivity index (χ2v) is 4.37. The Labute approximate surface area is 111 Å². The molecule has 2 N–H and O–H groups in total. The Kier molecular flexibility index (Phi) is 3.85. The molecule has 0 saturated carbocycles. The molecule has 1 aromatic rings. The zero-order valence-electron chi connectivity index (χ0n) is 10.5. The number of amides is 2. The third-order valence-corrected chi connectivity index (χ3v) is 3.10. The van der Waals surface area contributed by atoms with Crippen LogP contribution in [0.15, 0.2) is 36.9 Å². The van der Waals surface area contributed by atoms with Gasteiger partial charge in [0, 0.05) is 18.7 Å². The predicted octanol–water partition coefficient (Wildman–Crippen LogP) is 1.79. The van der Waals surface area contributed by atoms with Gasteiger partial charge in [-0.1, -0.05) is 24.3 Å². The van der Waals surface area contributed by atoms with Crippen LogP contribution < -0.4 is 10.2 Å². The van der Waals surface area contributed by atoms with E-state index < -0.39 is 12.0 Å². The van der Waals surface area contributed by atoms with Crippen LogP contribution in [0.2, 0.25) is 0 Å². The fraction of sp³-hybridized carbons (Fsp3) is 0.286. The van der Waals surface area contributed by atoms with E-state index in [0.29, 0.717) is 25.1 Å². The number of urea groups is 1. The van der Waals surface area contributed by atoms with Gasteiger partial charge in [-0.05, 0) is 18.1 Å². The number of benzene rings is 1. The molecule has 19 heavy (non-hydrogen) atoms. The SMILES string of the molecule is C=CCCNC(=O)N1c2ccccc2C[C@H]1C(=O)O. The molecule has 0 aromatic heterocycles. The van der Waals surface area contributed by atoms with Crippen molar-refractivity contribution in [2.45, 2.75) is 18.9 Å². The molecule has 1 heterocycles. The maximum Gasteiger partial charge on any atom is 0.327 e. The van der Waals surface area contributed by atoms with Crippen LogP contribution in [-0.4, -0.2) is 29.7 Å². The summed E-state index contributed by atoms with van der Waals surface area (Å²) in [5.41, 5.74) is 1.56. The van der Waals surface area contributed by atoms with Gasteiger partial charge in [-0.25, -0.2) is 9.59 Å². The number of hydrogen-bond donors (Lipinski definition) is 2. The lowest BCUT2D eigenvalue weighted by atomic mass is 10.1. The van der Waals surface area contributed by atoms with Crippen LogP contribution in [0, 0.1) is 0 Å². The number of anilines is 1. The van der Waals surface area contributed by atoms with Gasteiger partial charge in [0.15, 0.2) is 0 Å². The van der Waals surface area contributed by atoms with Gasteiger partial charge in [-0.3, -0.25) is 4.90 Å². The van der Waals surface area contributed by atoms with Gasteiger partial charge in [0.1, 0.15) is 6.04 Å². The van der Waals surface area contributed by atoms with Crippen LogP contribution in [0.1, 0.15) is 12.0 Å². The van der Waals surface area contributed by atoms with Crippen molar-refractivity contribution in [1.82, 2.24) is 5.32 Å². The number of nitrogens with one attached hydrogen (secondary N) is 1. The first-order valence-corrected chi connectivity index (χ1v) is 6.14. The van der Waals surface area contributed by atoms with E-state index in [0.717, 1.165) is 5.56 Å². The van der Waals surface area contributed by atoms with Crippen molar-refractivity contribution in [2.75, 3.05) is 11.4 Å². The number of nitrogens with zero attached hydrogens (tertiary/aromatic N) is 1. The smallest absolute Gasteiger partial charge is 0.327 e. The first kappa shape index (κ1) is 13.1. The number of aliphatic carboxylic acids is 1. The third-order valence-electron chi connectivity index (χ3n) is 3.10. The molecule has 0 radical (unpaired) electrons. The molecular weight excluding hydrogens is 244 g/mol. The molecule has 1 aliphatic heterocycles. The summed E-state index contributed by atoms with van der Waals surface area (Å²) in [5, 5.41) is 11.9. The van der Waals surface area contributed by atoms with Crippen LogP contribution in [0.3, 0.4) is 0 Å². The number of carbonyl (C=O) groups is 2. The van der Waals surface area contributed by atoms with Gasteiger partial charge in [0.25, 0.3) is 0 Å². The Balaban J connectivity index is 2.21. The van der Waals surface area contributed by atoms with Crippen molar-refractivity contribution >= 4 is 17.7 Å². The van der Waals surface area contributed by atoms with E-state index in [1.54, 1.807) is 18.2 Å². The zero-order chi connectivity index (χ0) is 13.8. The van der Waals surface area contributed by atoms with Crippen LogP contribution in [0.4, 0.5) is 10.5 Å². The largest absolute Gasteiger partial charge is 0.480 e. The van der Waals surface area contributed by atoms with Crippen LogP contribution in [0.25, 0.3) is 0 Å². The Morgan fingerprint density at radius 1 is 1.47 bits per heavy atom. The summed E-state index contributed by atoms with van der Waals surface area (Å²) in [6, 6.07) is 6.05. The number of rotatable bonds is 4. The molecule has 2 rings (SSSR count). The van der Waals surface area contributed by atoms with Gasteiger partial charge in [-0.15, -0.1) is 6.58 Å². The molecule has 1 aliphatic rings. The van der Waals surface area contributed by atoms with Crippen LogP contribution in [-0.2, 0) is 11.2 Å². The fourth-order valence-electron chi connectivity index (χ4n) is 2.20. The summed E-state index contributed by atoms with van der Waals surface area (Å²) in [6.07, 6.45) is 2.70. The van der Waals surface area contributed by atoms with E-state index in [1.165, 1.54) is 4.90 Å². The summed E-state index contributed by atoms with van der Waals surface area (Å²) in [5.74, 6) is -0.991. The molecule has 1 atom stereocenters. The minimum Gasteiger partial charge on any atom is -0.480 e. The highest BCUT2D eigenvalue weighted by atomic mass is 16.4. The Morgan fingerprint density at radius 2 is 2.21 bits per heavy atom. The van der Waals surface area contributed by atoms with Crippen LogP contribution >= 0.6 is 0 Å². The Hall–Kier alpha value is -2.30. The number of carboxylic acids is 1. The van der Waals surface area contributed by atoms with Gasteiger partial charge in [-0.2, -0.15) is 0 Å². The zero-order valence-corrected chi connectivity index (χ0v) is 10.5. The highest BCUT2D eigenvalue weighted by molar-refractivity contribution is 6.01. The number of carbonyl (C=O) groups excluding carboxylic acids is 1. The molecule has 0 aliphatic carbocycles. The molecule has 0 bridgehead atoms. The Bertz CT molecular complexity index is 513. The van der Waals surface area contributed by atoms with E-state index in [-0.39, 0.29) is 6.03 Å². The number of carboxylic acid groups (broad SMARTS) is 1. The molecule has 100 valence electrons. The molecular formula is C14H16N2O3. The normalized spacial score (nSPS) is 16.8. The molecule has 0 saturated heterocycles. The first-order chi connectivity index (χ1) is 9.15. The minimum atomic E-state index is -0.991. The van der Waals surface area contributed by atoms with Gasteiger partial charge in [0.05, 0.1) is 0 Å². The summed E-state index contributed by atoms with van der Waals surface area (Å²) in [6.45, 7) is 4.03. The molecule has 2 amide bonds. The number of fused-ring (bicyclic) bond motifs is 1. The minimum absolute atomic E-state index is 0.348. The van der Waals surface area contributed by atoms with Gasteiger partial charge >= 0.3 is 12.0 Å². The topological polar surface area (TPSA) is 69.6 Å². The van der Waals surface area contributed by atoms with Crippen molar-refractivity contribution in [3.05, 3.63) is 42.5 Å². The molecule has 0 spiro atoms. The molecule has 0 fully saturated rings. The highest BCUT2D eigenvalue weighted by Gasteiger charge is 2.37. The second kappa shape index (κ2) is 5.56. The van der Waals surface area contributed by atoms with Crippen molar-refractivity contribution < 1.29 is 14.7 Å². The van der Waals surface area contributed by atoms with E-state index in [2.05, 4.69) is 11.9 Å². The van der Waals surface area contributed by atoms with Crippen LogP contribution in [0.5, 0.6) is 0 Å². The molecule has 5 heteroatoms. The van der Waals surface area contributed by atoms with E-state index >= 15 is 0 Å². The van der Waals surface area contributed by atoms with E-state index in [1.807, 2.05) is 12.1 Å². The molecule has 5 nitrogen and oxygen atoms in total. The van der Waals surface area contributed by atoms with E-state index in [9.17, 15) is 14.7 Å². The summed E-state index contributed by atoms with van der Waals surface area (Å²) in [7, 11) is 0. The Morgan fingerprint density at radius 3 is 2.89 bits per heavy atom. The lowest BCUT2D eigenvalue weighted by molar-refractivity contribution is -0.138. The summed E-state index contributed by atoms with van der Waals surface area (Å²) >= 11 is 0. The van der Waals surface area contributed by atoms with Crippen molar-refractivity contribution in [3.8, 4) is 0 Å². The van der Waals surface area contributed by atoms with Crippen molar-refractivity contribution in [2.24, 2.45) is 0 Å². The quantitative estimate of drug-likeness (QED) is 0.640. The van der Waals surface area contributed by atoms with Crippen molar-refractivity contribution in [3.63, 3.8) is 0 Å². The number of para-hydroxylation sites is 1. The monoisotopic (exact) mass is 260 g/mol. The average molecular weight is 260 g/mol. The third kappa shape index (κ3) is 2.59. The summed E-state index contributed by atoms with van der Waals surface area (Å²) in [4.78, 5) is 24.7. The predicted molar refractivity (Wildman–Crippen MR) is 72.3 cm³/mol. The molecule has 0 unspecified atom stereocenters. The number of hydrogen-bond acceptors (Lipinski definition) is 2. The lowest BCUT2D eigenvalue weighted by Gasteiger charge is -2.22.